The number of epoxide rings is 1. The molecule has 0 aromatic carbocycles. The maximum atomic E-state index is 12.4. The van der Waals surface area contributed by atoms with Crippen molar-refractivity contribution in [2.24, 2.45) is 17.3 Å². The molecule has 7 heteroatoms. The van der Waals surface area contributed by atoms with Gasteiger partial charge in [0, 0.05) is 12.3 Å². The Morgan fingerprint density at radius 2 is 1.95 bits per heavy atom. The Balaban J connectivity index is 1.76. The standard InChI is InChI=1S/C15H18O7/c1-12(2,18)6-7-10(16)20-8(6)9-13(3)14(7,19)4-5-15(13,22-5)11(17)21-9/h5-9,18-19H,4H2,1-3H3/t5-,6-,7+,8+,9-,13-,14-,15+/m0/s1. The van der Waals surface area contributed by atoms with E-state index in [9.17, 15) is 19.8 Å². The normalized spacial score (nSPS) is 60.7. The molecule has 3 aliphatic heterocycles. The van der Waals surface area contributed by atoms with E-state index >= 15 is 0 Å². The van der Waals surface area contributed by atoms with Crippen molar-refractivity contribution in [2.75, 3.05) is 0 Å². The highest BCUT2D eigenvalue weighted by Crippen LogP contribution is 2.77. The molecule has 22 heavy (non-hydrogen) atoms. The first-order valence-corrected chi connectivity index (χ1v) is 7.63. The monoisotopic (exact) mass is 310 g/mol. The lowest BCUT2D eigenvalue weighted by molar-refractivity contribution is -0.223. The van der Waals surface area contributed by atoms with Gasteiger partial charge in [-0.05, 0) is 20.8 Å². The summed E-state index contributed by atoms with van der Waals surface area (Å²) in [7, 11) is 0. The van der Waals surface area contributed by atoms with Crippen LogP contribution in [0.4, 0.5) is 0 Å². The molecule has 3 saturated heterocycles. The van der Waals surface area contributed by atoms with Crippen LogP contribution in [0, 0.1) is 17.3 Å². The highest BCUT2D eigenvalue weighted by atomic mass is 16.7. The zero-order valence-corrected chi connectivity index (χ0v) is 12.5. The van der Waals surface area contributed by atoms with Crippen molar-refractivity contribution in [2.45, 2.75) is 62.3 Å². The van der Waals surface area contributed by atoms with Gasteiger partial charge in [-0.25, -0.2) is 4.79 Å². The minimum Gasteiger partial charge on any atom is -0.458 e. The van der Waals surface area contributed by atoms with Crippen LogP contribution in [0.1, 0.15) is 27.2 Å². The highest BCUT2D eigenvalue weighted by Gasteiger charge is 2.95. The lowest BCUT2D eigenvalue weighted by atomic mass is 9.52. The van der Waals surface area contributed by atoms with Gasteiger partial charge >= 0.3 is 11.9 Å². The molecule has 2 aliphatic carbocycles. The van der Waals surface area contributed by atoms with Crippen LogP contribution in [0.3, 0.4) is 0 Å². The number of carbonyl (C=O) groups excluding carboxylic acids is 2. The second-order valence-electron chi connectivity index (χ2n) is 8.06. The average molecular weight is 310 g/mol. The van der Waals surface area contributed by atoms with Gasteiger partial charge in [0.25, 0.3) is 0 Å². The molecule has 0 aromatic heterocycles. The number of rotatable bonds is 1. The lowest BCUT2D eigenvalue weighted by Crippen LogP contribution is -2.68. The van der Waals surface area contributed by atoms with Gasteiger partial charge < -0.3 is 24.4 Å². The van der Waals surface area contributed by atoms with Crippen molar-refractivity contribution < 1.29 is 34.0 Å². The maximum absolute atomic E-state index is 12.4. The summed E-state index contributed by atoms with van der Waals surface area (Å²) in [4.78, 5) is 24.8. The van der Waals surface area contributed by atoms with Crippen LogP contribution in [0.2, 0.25) is 0 Å². The first-order valence-electron chi connectivity index (χ1n) is 7.63. The summed E-state index contributed by atoms with van der Waals surface area (Å²) in [6.07, 6.45) is -1.78. The summed E-state index contributed by atoms with van der Waals surface area (Å²) in [6.45, 7) is 4.92. The third-order valence-electron chi connectivity index (χ3n) is 6.85. The second kappa shape index (κ2) is 3.07. The van der Waals surface area contributed by atoms with Crippen molar-refractivity contribution in [1.29, 1.82) is 0 Å². The molecule has 0 amide bonds. The topological polar surface area (TPSA) is 106 Å². The molecule has 0 aromatic rings. The molecule has 5 rings (SSSR count). The molecule has 1 spiro atoms. The van der Waals surface area contributed by atoms with Gasteiger partial charge in [0.05, 0.1) is 22.5 Å². The van der Waals surface area contributed by atoms with E-state index in [0.29, 0.717) is 0 Å². The first kappa shape index (κ1) is 13.3. The Morgan fingerprint density at radius 1 is 1.27 bits per heavy atom. The van der Waals surface area contributed by atoms with Crippen LogP contribution < -0.4 is 0 Å². The van der Waals surface area contributed by atoms with Crippen LogP contribution in [-0.2, 0) is 23.8 Å². The molecule has 8 atom stereocenters. The molecule has 5 fully saturated rings. The Kier molecular flexibility index (Phi) is 1.85. The molecule has 5 aliphatic rings. The summed E-state index contributed by atoms with van der Waals surface area (Å²) in [5.74, 6) is -2.51. The smallest absolute Gasteiger partial charge is 0.342 e. The Hall–Kier alpha value is -1.18. The first-order chi connectivity index (χ1) is 10.1. The number of esters is 2. The molecule has 0 unspecified atom stereocenters. The fraction of sp³-hybridized carbons (Fsp3) is 0.867. The van der Waals surface area contributed by atoms with E-state index in [1.807, 2.05) is 0 Å². The Morgan fingerprint density at radius 3 is 2.59 bits per heavy atom. The SMILES string of the molecule is CC(C)(O)[C@@H]1[C@H]2OC(=O)[C@@H]1[C@@]1(O)C[C@@H]3O[C@@]34C(=O)O[C@@H]2[C@@]14C. The summed E-state index contributed by atoms with van der Waals surface area (Å²) in [5, 5.41) is 21.9. The Bertz CT molecular complexity index is 638. The van der Waals surface area contributed by atoms with Crippen LogP contribution in [0.5, 0.6) is 0 Å². The number of hydrogen-bond acceptors (Lipinski definition) is 7. The molecular weight excluding hydrogens is 292 g/mol. The molecular formula is C15H18O7. The van der Waals surface area contributed by atoms with Crippen molar-refractivity contribution >= 4 is 11.9 Å². The van der Waals surface area contributed by atoms with Gasteiger partial charge in [0.2, 0.25) is 5.60 Å². The predicted octanol–water partition coefficient (Wildman–Crippen LogP) is -0.867. The van der Waals surface area contributed by atoms with Crippen molar-refractivity contribution in [3.05, 3.63) is 0 Å². The summed E-state index contributed by atoms with van der Waals surface area (Å²) in [5.41, 5.74) is -4.89. The van der Waals surface area contributed by atoms with Gasteiger partial charge in [-0.1, -0.05) is 0 Å². The Labute approximate surface area is 126 Å². The van der Waals surface area contributed by atoms with E-state index in [4.69, 9.17) is 14.2 Å². The molecule has 7 nitrogen and oxygen atoms in total. The molecule has 120 valence electrons. The summed E-state index contributed by atoms with van der Waals surface area (Å²) in [6, 6.07) is 0. The minimum absolute atomic E-state index is 0.189. The van der Waals surface area contributed by atoms with E-state index < -0.39 is 64.3 Å². The van der Waals surface area contributed by atoms with Gasteiger partial charge in [-0.3, -0.25) is 4.79 Å². The zero-order valence-electron chi connectivity index (χ0n) is 12.5. The fourth-order valence-electron chi connectivity index (χ4n) is 5.83. The largest absolute Gasteiger partial charge is 0.458 e. The van der Waals surface area contributed by atoms with E-state index in [2.05, 4.69) is 0 Å². The predicted molar refractivity (Wildman–Crippen MR) is 68.3 cm³/mol. The molecule has 0 radical (unpaired) electrons. The molecule has 3 heterocycles. The highest BCUT2D eigenvalue weighted by molar-refractivity contribution is 5.91. The lowest BCUT2D eigenvalue weighted by Gasteiger charge is -2.53. The van der Waals surface area contributed by atoms with Crippen LogP contribution in [0.25, 0.3) is 0 Å². The van der Waals surface area contributed by atoms with Gasteiger partial charge in [-0.2, -0.15) is 0 Å². The van der Waals surface area contributed by atoms with E-state index in [1.54, 1.807) is 20.8 Å². The van der Waals surface area contributed by atoms with E-state index in [0.717, 1.165) is 0 Å². The van der Waals surface area contributed by atoms with Crippen molar-refractivity contribution in [1.82, 2.24) is 0 Å². The van der Waals surface area contributed by atoms with E-state index in [1.165, 1.54) is 0 Å². The average Bonchev–Trinajstić information content (AvgIpc) is 2.85. The molecule has 2 N–H and O–H groups in total. The summed E-state index contributed by atoms with van der Waals surface area (Å²) < 4.78 is 16.5. The minimum atomic E-state index is -1.47. The second-order valence-corrected chi connectivity index (χ2v) is 8.06. The number of carbonyl (C=O) groups is 2. The van der Waals surface area contributed by atoms with Crippen LogP contribution in [0.15, 0.2) is 0 Å². The van der Waals surface area contributed by atoms with Gasteiger partial charge in [-0.15, -0.1) is 0 Å². The number of fused-ring (bicyclic) bond motifs is 4. The van der Waals surface area contributed by atoms with Crippen LogP contribution >= 0.6 is 0 Å². The molecule has 2 bridgehead atoms. The van der Waals surface area contributed by atoms with Crippen molar-refractivity contribution in [3.8, 4) is 0 Å². The third-order valence-corrected chi connectivity index (χ3v) is 6.85. The van der Waals surface area contributed by atoms with Gasteiger partial charge in [0.15, 0.2) is 6.10 Å². The fourth-order valence-corrected chi connectivity index (χ4v) is 5.83. The molecule has 2 saturated carbocycles. The van der Waals surface area contributed by atoms with Crippen molar-refractivity contribution in [3.63, 3.8) is 0 Å². The van der Waals surface area contributed by atoms with Gasteiger partial charge in [0.1, 0.15) is 12.2 Å². The quantitative estimate of drug-likeness (QED) is 0.479. The number of ether oxygens (including phenoxy) is 3. The number of aliphatic hydroxyl groups is 2. The summed E-state index contributed by atoms with van der Waals surface area (Å²) >= 11 is 0. The van der Waals surface area contributed by atoms with E-state index in [-0.39, 0.29) is 6.42 Å². The third kappa shape index (κ3) is 0.962. The number of hydrogen-bond donors (Lipinski definition) is 2. The maximum Gasteiger partial charge on any atom is 0.342 e. The van der Waals surface area contributed by atoms with Crippen LogP contribution in [-0.4, -0.2) is 57.3 Å². The zero-order chi connectivity index (χ0) is 15.9.